The molecule has 1 aliphatic carbocycles. The van der Waals surface area contributed by atoms with Gasteiger partial charge in [-0.05, 0) is 19.3 Å². The zero-order chi connectivity index (χ0) is 9.68. The van der Waals surface area contributed by atoms with Crippen LogP contribution in [0.4, 0.5) is 4.79 Å². The van der Waals surface area contributed by atoms with Crippen LogP contribution < -0.4 is 11.2 Å². The minimum absolute atomic E-state index is 0.238. The molecule has 0 aliphatic heterocycles. The van der Waals surface area contributed by atoms with E-state index in [-0.39, 0.29) is 6.10 Å². The van der Waals surface area contributed by atoms with Crippen molar-refractivity contribution in [3.8, 4) is 0 Å². The maximum atomic E-state index is 10.4. The Morgan fingerprint density at radius 2 is 2.54 bits per heavy atom. The first kappa shape index (κ1) is 9.98. The fraction of sp³-hybridized carbons (Fsp3) is 0.750. The van der Waals surface area contributed by atoms with E-state index < -0.39 is 6.03 Å². The quantitative estimate of drug-likeness (QED) is 0.618. The van der Waals surface area contributed by atoms with Crippen molar-refractivity contribution in [3.05, 3.63) is 0 Å². The van der Waals surface area contributed by atoms with Crippen LogP contribution in [0.2, 0.25) is 0 Å². The van der Waals surface area contributed by atoms with Crippen molar-refractivity contribution >= 4 is 11.7 Å². The Kier molecular flexibility index (Phi) is 3.70. The standard InChI is InChI=1S/C8H15N3O2/c1-13-7-4-2-3-6(5-7)10-11-8(9)12/h7H,2-5H2,1H3,(H3,9,11,12). The van der Waals surface area contributed by atoms with Gasteiger partial charge in [0.2, 0.25) is 0 Å². The van der Waals surface area contributed by atoms with E-state index in [0.29, 0.717) is 0 Å². The molecule has 74 valence electrons. The number of ether oxygens (including phenoxy) is 1. The van der Waals surface area contributed by atoms with Gasteiger partial charge in [0.15, 0.2) is 0 Å². The summed E-state index contributed by atoms with van der Waals surface area (Å²) in [6.07, 6.45) is 4.06. The molecule has 0 aromatic carbocycles. The lowest BCUT2D eigenvalue weighted by Gasteiger charge is -2.21. The van der Waals surface area contributed by atoms with E-state index in [9.17, 15) is 4.79 Å². The van der Waals surface area contributed by atoms with E-state index in [1.807, 2.05) is 0 Å². The van der Waals surface area contributed by atoms with Crippen LogP contribution in [-0.4, -0.2) is 25.0 Å². The number of nitrogens with one attached hydrogen (secondary N) is 1. The van der Waals surface area contributed by atoms with Gasteiger partial charge in [-0.25, -0.2) is 10.2 Å². The Labute approximate surface area is 77.3 Å². The second-order valence-corrected chi connectivity index (χ2v) is 3.11. The molecule has 0 saturated heterocycles. The fourth-order valence-electron chi connectivity index (χ4n) is 1.44. The summed E-state index contributed by atoms with van der Waals surface area (Å²) in [5.74, 6) is 0. The van der Waals surface area contributed by atoms with E-state index in [1.165, 1.54) is 0 Å². The summed E-state index contributed by atoms with van der Waals surface area (Å²) in [5, 5.41) is 3.89. The molecule has 1 atom stereocenters. The van der Waals surface area contributed by atoms with Gasteiger partial charge < -0.3 is 10.5 Å². The molecule has 0 aromatic rings. The van der Waals surface area contributed by atoms with E-state index in [1.54, 1.807) is 7.11 Å². The highest BCUT2D eigenvalue weighted by atomic mass is 16.5. The average molecular weight is 185 g/mol. The lowest BCUT2D eigenvalue weighted by atomic mass is 9.96. The molecule has 1 rings (SSSR count). The molecule has 5 nitrogen and oxygen atoms in total. The van der Waals surface area contributed by atoms with Crippen LogP contribution in [0.1, 0.15) is 25.7 Å². The van der Waals surface area contributed by atoms with E-state index in [2.05, 4.69) is 10.5 Å². The number of hydrazone groups is 1. The molecule has 1 unspecified atom stereocenters. The van der Waals surface area contributed by atoms with Crippen molar-refractivity contribution < 1.29 is 9.53 Å². The van der Waals surface area contributed by atoms with Crippen molar-refractivity contribution in [2.24, 2.45) is 10.8 Å². The molecule has 0 heterocycles. The molecule has 0 radical (unpaired) electrons. The van der Waals surface area contributed by atoms with Crippen molar-refractivity contribution in [1.29, 1.82) is 0 Å². The Morgan fingerprint density at radius 1 is 1.77 bits per heavy atom. The average Bonchev–Trinajstić information content (AvgIpc) is 2.15. The second-order valence-electron chi connectivity index (χ2n) is 3.11. The molecule has 0 bridgehead atoms. The minimum Gasteiger partial charge on any atom is -0.381 e. The Balaban J connectivity index is 2.41. The second kappa shape index (κ2) is 4.81. The Hall–Kier alpha value is -1.10. The summed E-state index contributed by atoms with van der Waals surface area (Å²) < 4.78 is 5.20. The number of methoxy groups -OCH3 is 1. The van der Waals surface area contributed by atoms with E-state index in [4.69, 9.17) is 10.5 Å². The van der Waals surface area contributed by atoms with Crippen LogP contribution >= 0.6 is 0 Å². The number of amides is 2. The van der Waals surface area contributed by atoms with Gasteiger partial charge in [-0.15, -0.1) is 0 Å². The first-order valence-corrected chi connectivity index (χ1v) is 4.36. The van der Waals surface area contributed by atoms with Gasteiger partial charge in [0.25, 0.3) is 0 Å². The topological polar surface area (TPSA) is 76.7 Å². The first-order chi connectivity index (χ1) is 6.22. The molecule has 2 amide bonds. The van der Waals surface area contributed by atoms with Crippen molar-refractivity contribution in [2.45, 2.75) is 31.8 Å². The fourth-order valence-corrected chi connectivity index (χ4v) is 1.44. The molecule has 1 saturated carbocycles. The van der Waals surface area contributed by atoms with Crippen LogP contribution in [0.3, 0.4) is 0 Å². The van der Waals surface area contributed by atoms with Gasteiger partial charge in [-0.2, -0.15) is 5.10 Å². The summed E-state index contributed by atoms with van der Waals surface area (Å²) in [5.41, 5.74) is 8.07. The van der Waals surface area contributed by atoms with Crippen molar-refractivity contribution in [2.75, 3.05) is 7.11 Å². The van der Waals surface area contributed by atoms with Gasteiger partial charge in [-0.3, -0.25) is 0 Å². The maximum Gasteiger partial charge on any atom is 0.332 e. The summed E-state index contributed by atoms with van der Waals surface area (Å²) in [4.78, 5) is 10.4. The predicted octanol–water partition coefficient (Wildman–Crippen LogP) is 0.600. The van der Waals surface area contributed by atoms with Gasteiger partial charge in [-0.1, -0.05) is 0 Å². The van der Waals surface area contributed by atoms with E-state index in [0.717, 1.165) is 31.4 Å². The van der Waals surface area contributed by atoms with Gasteiger partial charge in [0.05, 0.1) is 6.10 Å². The molecule has 1 fully saturated rings. The van der Waals surface area contributed by atoms with Gasteiger partial charge >= 0.3 is 6.03 Å². The highest BCUT2D eigenvalue weighted by Crippen LogP contribution is 2.17. The van der Waals surface area contributed by atoms with Crippen LogP contribution in [-0.2, 0) is 4.74 Å². The lowest BCUT2D eigenvalue weighted by Crippen LogP contribution is -2.28. The predicted molar refractivity (Wildman–Crippen MR) is 49.4 cm³/mol. The first-order valence-electron chi connectivity index (χ1n) is 4.36. The number of rotatable bonds is 2. The zero-order valence-electron chi connectivity index (χ0n) is 7.75. The number of urea groups is 1. The Bertz CT molecular complexity index is 215. The molecule has 0 spiro atoms. The smallest absolute Gasteiger partial charge is 0.332 e. The van der Waals surface area contributed by atoms with Gasteiger partial charge in [0, 0.05) is 19.2 Å². The molecule has 13 heavy (non-hydrogen) atoms. The third-order valence-electron chi connectivity index (χ3n) is 2.11. The highest BCUT2D eigenvalue weighted by Gasteiger charge is 2.17. The Morgan fingerprint density at radius 3 is 3.15 bits per heavy atom. The third kappa shape index (κ3) is 3.42. The molecule has 1 aliphatic rings. The van der Waals surface area contributed by atoms with Crippen LogP contribution in [0, 0.1) is 0 Å². The van der Waals surface area contributed by atoms with E-state index >= 15 is 0 Å². The molecule has 5 heteroatoms. The van der Waals surface area contributed by atoms with Crippen molar-refractivity contribution in [3.63, 3.8) is 0 Å². The lowest BCUT2D eigenvalue weighted by molar-refractivity contribution is 0.0941. The summed E-state index contributed by atoms with van der Waals surface area (Å²) in [6, 6.07) is -0.618. The number of carbonyl (C=O) groups excluding carboxylic acids is 1. The third-order valence-corrected chi connectivity index (χ3v) is 2.11. The number of primary amides is 1. The normalized spacial score (nSPS) is 25.9. The highest BCUT2D eigenvalue weighted by molar-refractivity contribution is 5.86. The number of nitrogens with zero attached hydrogens (tertiary/aromatic N) is 1. The SMILES string of the molecule is COC1CCCC(=NNC(N)=O)C1. The monoisotopic (exact) mass is 185 g/mol. The molecule has 0 aromatic heterocycles. The van der Waals surface area contributed by atoms with Gasteiger partial charge in [0.1, 0.15) is 0 Å². The van der Waals surface area contributed by atoms with Crippen molar-refractivity contribution in [1.82, 2.24) is 5.43 Å². The van der Waals surface area contributed by atoms with Crippen LogP contribution in [0.15, 0.2) is 5.10 Å². The van der Waals surface area contributed by atoms with Crippen LogP contribution in [0.5, 0.6) is 0 Å². The number of hydrogen-bond acceptors (Lipinski definition) is 3. The number of hydrogen-bond donors (Lipinski definition) is 2. The molecular formula is C8H15N3O2. The summed E-state index contributed by atoms with van der Waals surface area (Å²) >= 11 is 0. The number of carbonyl (C=O) groups is 1. The summed E-state index contributed by atoms with van der Waals surface area (Å²) in [6.45, 7) is 0. The van der Waals surface area contributed by atoms with Crippen LogP contribution in [0.25, 0.3) is 0 Å². The molecule has 3 N–H and O–H groups in total. The summed E-state index contributed by atoms with van der Waals surface area (Å²) in [7, 11) is 1.69. The minimum atomic E-state index is -0.618. The maximum absolute atomic E-state index is 10.4. The zero-order valence-corrected chi connectivity index (χ0v) is 7.75. The largest absolute Gasteiger partial charge is 0.381 e. The molecular weight excluding hydrogens is 170 g/mol. The number of nitrogens with two attached hydrogens (primary N) is 1.